The number of urea groups is 1. The normalized spacial score (nSPS) is 22.0. The van der Waals surface area contributed by atoms with Gasteiger partial charge in [-0.3, -0.25) is 19.4 Å². The average molecular weight is 168 g/mol. The second-order valence-electron chi connectivity index (χ2n) is 2.87. The minimum atomic E-state index is -0.442. The molecule has 0 aromatic carbocycles. The van der Waals surface area contributed by atoms with Crippen molar-refractivity contribution in [3.63, 3.8) is 0 Å². The van der Waals surface area contributed by atoms with E-state index in [0.29, 0.717) is 25.9 Å². The summed E-state index contributed by atoms with van der Waals surface area (Å²) < 4.78 is 0. The molecule has 0 spiro atoms. The van der Waals surface area contributed by atoms with Crippen molar-refractivity contribution in [3.8, 4) is 0 Å². The quantitative estimate of drug-likeness (QED) is 0.461. The van der Waals surface area contributed by atoms with Gasteiger partial charge in [0.1, 0.15) is 0 Å². The summed E-state index contributed by atoms with van der Waals surface area (Å²) in [5.41, 5.74) is 0. The van der Waals surface area contributed by atoms with E-state index in [4.69, 9.17) is 0 Å². The molecule has 2 saturated heterocycles. The molecule has 0 bridgehead atoms. The van der Waals surface area contributed by atoms with E-state index in [1.807, 2.05) is 0 Å². The Morgan fingerprint density at radius 1 is 1.00 bits per heavy atom. The zero-order valence-electron chi connectivity index (χ0n) is 6.45. The molecule has 2 aliphatic heterocycles. The van der Waals surface area contributed by atoms with Crippen LogP contribution in [0.15, 0.2) is 0 Å². The van der Waals surface area contributed by atoms with Crippen LogP contribution in [-0.2, 0) is 9.59 Å². The smallest absolute Gasteiger partial charge is 0.274 e. The van der Waals surface area contributed by atoms with E-state index in [2.05, 4.69) is 0 Å². The Morgan fingerprint density at radius 3 is 1.58 bits per heavy atom. The van der Waals surface area contributed by atoms with Crippen molar-refractivity contribution < 1.29 is 14.4 Å². The molecule has 2 rings (SSSR count). The highest BCUT2D eigenvalue weighted by atomic mass is 16.2. The van der Waals surface area contributed by atoms with Gasteiger partial charge in [0.25, 0.3) is 0 Å². The van der Waals surface area contributed by atoms with Gasteiger partial charge in [-0.25, -0.2) is 4.79 Å². The first-order chi connectivity index (χ1) is 5.70. The minimum absolute atomic E-state index is 0.181. The topological polar surface area (TPSA) is 57.7 Å². The SMILES string of the molecule is O=C1CCN1C(=O)N1CCC1=O. The standard InChI is InChI=1S/C7H8N2O3/c10-5-1-3-8(5)7(12)9-4-2-6(9)11/h1-4H2. The molecule has 0 aromatic rings. The molecule has 4 amide bonds. The van der Waals surface area contributed by atoms with Gasteiger partial charge in [-0.15, -0.1) is 0 Å². The highest BCUT2D eigenvalue weighted by Gasteiger charge is 2.39. The van der Waals surface area contributed by atoms with Crippen LogP contribution in [0, 0.1) is 0 Å². The first-order valence-corrected chi connectivity index (χ1v) is 3.85. The third-order valence-electron chi connectivity index (χ3n) is 2.16. The van der Waals surface area contributed by atoms with Gasteiger partial charge in [0.2, 0.25) is 11.8 Å². The molecule has 12 heavy (non-hydrogen) atoms. The summed E-state index contributed by atoms with van der Waals surface area (Å²) in [6, 6.07) is -0.442. The minimum Gasteiger partial charge on any atom is -0.274 e. The maximum atomic E-state index is 11.2. The van der Waals surface area contributed by atoms with Crippen LogP contribution in [0.1, 0.15) is 12.8 Å². The molecule has 2 heterocycles. The van der Waals surface area contributed by atoms with E-state index >= 15 is 0 Å². The predicted octanol–water partition coefficient (Wildman–Crippen LogP) is -0.429. The van der Waals surface area contributed by atoms with Crippen molar-refractivity contribution >= 4 is 17.8 Å². The molecule has 0 atom stereocenters. The molecular weight excluding hydrogens is 160 g/mol. The molecule has 0 N–H and O–H groups in total. The van der Waals surface area contributed by atoms with Crippen molar-refractivity contribution in [2.75, 3.05) is 13.1 Å². The number of nitrogens with zero attached hydrogens (tertiary/aromatic N) is 2. The Morgan fingerprint density at radius 2 is 1.42 bits per heavy atom. The molecule has 64 valence electrons. The van der Waals surface area contributed by atoms with Gasteiger partial charge >= 0.3 is 6.03 Å². The first-order valence-electron chi connectivity index (χ1n) is 3.85. The molecule has 0 aliphatic carbocycles. The average Bonchev–Trinajstić information content (AvgIpc) is 1.98. The number of rotatable bonds is 0. The summed E-state index contributed by atoms with van der Waals surface area (Å²) >= 11 is 0. The summed E-state index contributed by atoms with van der Waals surface area (Å²) in [5, 5.41) is 0. The number of hydrogen-bond acceptors (Lipinski definition) is 3. The molecule has 0 radical (unpaired) electrons. The summed E-state index contributed by atoms with van der Waals surface area (Å²) in [7, 11) is 0. The Hall–Kier alpha value is -1.39. The van der Waals surface area contributed by atoms with E-state index < -0.39 is 6.03 Å². The van der Waals surface area contributed by atoms with E-state index in [9.17, 15) is 14.4 Å². The highest BCUT2D eigenvalue weighted by Crippen LogP contribution is 2.17. The Bertz CT molecular complexity index is 248. The highest BCUT2D eigenvalue weighted by molar-refractivity contribution is 6.06. The predicted molar refractivity (Wildman–Crippen MR) is 38.1 cm³/mol. The summed E-state index contributed by atoms with van der Waals surface area (Å²) in [4.78, 5) is 35.0. The lowest BCUT2D eigenvalue weighted by Gasteiger charge is -2.36. The van der Waals surface area contributed by atoms with Crippen molar-refractivity contribution in [2.24, 2.45) is 0 Å². The lowest BCUT2D eigenvalue weighted by atomic mass is 10.2. The molecular formula is C7H8N2O3. The first kappa shape index (κ1) is 7.27. The molecule has 0 aromatic heterocycles. The Kier molecular flexibility index (Phi) is 1.39. The fourth-order valence-corrected chi connectivity index (χ4v) is 1.18. The summed E-state index contributed by atoms with van der Waals surface area (Å²) in [6.07, 6.45) is 0.849. The number of carbonyl (C=O) groups excluding carboxylic acids is 3. The van der Waals surface area contributed by atoms with E-state index in [1.54, 1.807) is 0 Å². The fraction of sp³-hybridized carbons (Fsp3) is 0.571. The number of hydrogen-bond donors (Lipinski definition) is 0. The van der Waals surface area contributed by atoms with Crippen LogP contribution < -0.4 is 0 Å². The van der Waals surface area contributed by atoms with Gasteiger partial charge in [0.05, 0.1) is 0 Å². The van der Waals surface area contributed by atoms with Crippen LogP contribution in [0.2, 0.25) is 0 Å². The van der Waals surface area contributed by atoms with Crippen LogP contribution in [0.3, 0.4) is 0 Å². The Balaban J connectivity index is 2.00. The molecule has 5 heteroatoms. The number of β-lactam (4-membered cyclic amide) rings is 2. The van der Waals surface area contributed by atoms with Gasteiger partial charge < -0.3 is 0 Å². The monoisotopic (exact) mass is 168 g/mol. The zero-order chi connectivity index (χ0) is 8.72. The molecule has 2 fully saturated rings. The van der Waals surface area contributed by atoms with Crippen molar-refractivity contribution in [2.45, 2.75) is 12.8 Å². The molecule has 5 nitrogen and oxygen atoms in total. The van der Waals surface area contributed by atoms with E-state index in [1.165, 1.54) is 0 Å². The fourth-order valence-electron chi connectivity index (χ4n) is 1.18. The number of likely N-dealkylation sites (tertiary alicyclic amines) is 2. The second-order valence-corrected chi connectivity index (χ2v) is 2.87. The van der Waals surface area contributed by atoms with Crippen LogP contribution in [0.5, 0.6) is 0 Å². The lowest BCUT2D eigenvalue weighted by molar-refractivity contribution is -0.141. The van der Waals surface area contributed by atoms with Crippen molar-refractivity contribution in [1.82, 2.24) is 9.80 Å². The molecule has 0 unspecified atom stereocenters. The van der Waals surface area contributed by atoms with Gasteiger partial charge in [0, 0.05) is 25.9 Å². The maximum Gasteiger partial charge on any atom is 0.333 e. The van der Waals surface area contributed by atoms with Gasteiger partial charge in [-0.05, 0) is 0 Å². The largest absolute Gasteiger partial charge is 0.333 e. The lowest BCUT2D eigenvalue weighted by Crippen LogP contribution is -2.58. The van der Waals surface area contributed by atoms with Crippen LogP contribution >= 0.6 is 0 Å². The van der Waals surface area contributed by atoms with Gasteiger partial charge in [-0.2, -0.15) is 0 Å². The van der Waals surface area contributed by atoms with E-state index in [-0.39, 0.29) is 11.8 Å². The summed E-state index contributed by atoms with van der Waals surface area (Å²) in [5.74, 6) is -0.362. The number of imide groups is 2. The zero-order valence-corrected chi connectivity index (χ0v) is 6.45. The molecule has 0 saturated carbocycles. The number of carbonyl (C=O) groups is 3. The van der Waals surface area contributed by atoms with Crippen LogP contribution in [0.25, 0.3) is 0 Å². The maximum absolute atomic E-state index is 11.2. The van der Waals surface area contributed by atoms with Crippen LogP contribution in [-0.4, -0.2) is 40.7 Å². The number of amides is 4. The van der Waals surface area contributed by atoms with E-state index in [0.717, 1.165) is 9.80 Å². The summed E-state index contributed by atoms with van der Waals surface area (Å²) in [6.45, 7) is 0.920. The van der Waals surface area contributed by atoms with Crippen molar-refractivity contribution in [1.29, 1.82) is 0 Å². The van der Waals surface area contributed by atoms with Crippen LogP contribution in [0.4, 0.5) is 4.79 Å². The molecule has 2 aliphatic rings. The Labute approximate surface area is 68.9 Å². The van der Waals surface area contributed by atoms with Crippen molar-refractivity contribution in [3.05, 3.63) is 0 Å². The van der Waals surface area contributed by atoms with Gasteiger partial charge in [0.15, 0.2) is 0 Å². The third-order valence-corrected chi connectivity index (χ3v) is 2.16. The van der Waals surface area contributed by atoms with Gasteiger partial charge in [-0.1, -0.05) is 0 Å². The third kappa shape index (κ3) is 0.823. The second kappa shape index (κ2) is 2.30.